The minimum Gasteiger partial charge on any atom is -0.478 e. The van der Waals surface area contributed by atoms with Crippen molar-refractivity contribution in [2.45, 2.75) is 56.8 Å². The van der Waals surface area contributed by atoms with Crippen molar-refractivity contribution in [2.75, 3.05) is 19.8 Å². The third kappa shape index (κ3) is 13.3. The Kier molecular flexibility index (Phi) is 13.8. The summed E-state index contributed by atoms with van der Waals surface area (Å²) >= 11 is 0.839. The predicted octanol–water partition coefficient (Wildman–Crippen LogP) is -1.42. The molecule has 1 saturated carbocycles. The summed E-state index contributed by atoms with van der Waals surface area (Å²) in [5, 5.41) is 30.6. The van der Waals surface area contributed by atoms with E-state index in [1.54, 1.807) is 0 Å². The molecule has 0 aromatic carbocycles. The Bertz CT molecular complexity index is 481. The minimum absolute atomic E-state index is 0.0217. The number of carbonyl (C=O) groups excluding carboxylic acids is 3. The first-order valence-electron chi connectivity index (χ1n) is 10.5. The van der Waals surface area contributed by atoms with Crippen molar-refractivity contribution in [3.63, 3.8) is 0 Å². The first-order valence-corrected chi connectivity index (χ1v) is 13.5. The van der Waals surface area contributed by atoms with Crippen molar-refractivity contribution in [1.82, 2.24) is 0 Å². The lowest BCUT2D eigenvalue weighted by atomic mass is 9.70. The molecule has 1 fully saturated rings. The second-order valence-electron chi connectivity index (χ2n) is 8.38. The molecule has 168 valence electrons. The van der Waals surface area contributed by atoms with Gasteiger partial charge in [0, 0.05) is 0 Å². The van der Waals surface area contributed by atoms with Crippen LogP contribution in [0, 0.1) is 17.8 Å². The minimum atomic E-state index is -0.751. The summed E-state index contributed by atoms with van der Waals surface area (Å²) in [7, 11) is 0. The summed E-state index contributed by atoms with van der Waals surface area (Å²) in [4.78, 5) is 32.1. The van der Waals surface area contributed by atoms with Crippen LogP contribution in [0.25, 0.3) is 0 Å². The Labute approximate surface area is 201 Å². The average Bonchev–Trinajstić information content (AvgIpc) is 2.63. The average molecular weight is 474 g/mol. The van der Waals surface area contributed by atoms with Crippen molar-refractivity contribution in [3.05, 3.63) is 0 Å². The Morgan fingerprint density at radius 2 is 0.867 bits per heavy atom. The van der Waals surface area contributed by atoms with Gasteiger partial charge < -0.3 is 29.5 Å². The third-order valence-electron chi connectivity index (χ3n) is 5.25. The third-order valence-corrected chi connectivity index (χ3v) is 6.12. The lowest BCUT2D eigenvalue weighted by molar-refractivity contribution is 0.0156. The molecule has 0 aromatic rings. The Morgan fingerprint density at radius 3 is 1.07 bits per heavy atom. The molecule has 0 saturated heterocycles. The molecule has 3 N–H and O–H groups in total. The van der Waals surface area contributed by atoms with Crippen LogP contribution in [0.1, 0.15) is 38.5 Å². The van der Waals surface area contributed by atoms with Crippen LogP contribution in [0.4, 0.5) is 14.4 Å². The molecule has 0 aliphatic heterocycles. The van der Waals surface area contributed by atoms with Crippen LogP contribution in [0.3, 0.4) is 0 Å². The molecule has 0 spiro atoms. The topological polar surface area (TPSA) is 140 Å². The lowest BCUT2D eigenvalue weighted by Gasteiger charge is -2.37. The quantitative estimate of drug-likeness (QED) is 0.230. The molecule has 0 amide bonds. The number of carbonyl (C=O) groups is 3. The first-order chi connectivity index (χ1) is 14.0. The largest absolute Gasteiger partial charge is 0.478 e. The van der Waals surface area contributed by atoms with Gasteiger partial charge in [0.15, 0.2) is 14.5 Å². The van der Waals surface area contributed by atoms with Gasteiger partial charge in [0.05, 0.1) is 18.3 Å². The van der Waals surface area contributed by atoms with Crippen molar-refractivity contribution >= 4 is 63.4 Å². The molecule has 30 heavy (non-hydrogen) atoms. The van der Waals surface area contributed by atoms with Crippen LogP contribution in [-0.4, -0.2) is 117 Å². The molecule has 1 aliphatic rings. The van der Waals surface area contributed by atoms with Gasteiger partial charge >= 0.3 is 48.9 Å². The van der Waals surface area contributed by atoms with Crippen LogP contribution in [0.5, 0.6) is 0 Å². The number of hydrogen-bond acceptors (Lipinski definition) is 9. The highest BCUT2D eigenvalue weighted by Gasteiger charge is 2.32. The molecule has 0 aromatic heterocycles. The lowest BCUT2D eigenvalue weighted by Crippen LogP contribution is -2.32. The number of ether oxygens (including phenoxy) is 3. The normalized spacial score (nSPS) is 24.3. The number of aliphatic hydroxyl groups is 3. The number of hydrogen-bond donors (Lipinski definition) is 3. The van der Waals surface area contributed by atoms with E-state index in [2.05, 4.69) is 0 Å². The highest BCUT2D eigenvalue weighted by molar-refractivity contribution is 6.55. The van der Waals surface area contributed by atoms with E-state index in [-0.39, 0.29) is 101 Å². The molecule has 0 heterocycles. The van der Waals surface area contributed by atoms with Crippen molar-refractivity contribution in [3.8, 4) is 0 Å². The highest BCUT2D eigenvalue weighted by atomic mass is 27.1. The zero-order valence-electron chi connectivity index (χ0n) is 18.1. The van der Waals surface area contributed by atoms with Crippen LogP contribution in [0.2, 0.25) is 0 Å². The van der Waals surface area contributed by atoms with Crippen LogP contribution in [0.15, 0.2) is 0 Å². The second kappa shape index (κ2) is 14.9. The smallest absolute Gasteiger partial charge is 0.388 e. The van der Waals surface area contributed by atoms with E-state index >= 15 is 0 Å². The van der Waals surface area contributed by atoms with E-state index in [0.717, 1.165) is 19.3 Å². The number of aliphatic hydroxyl groups excluding tert-OH is 3. The first kappa shape index (κ1) is 27.9. The molecular formula is C18H33Al3O9. The zero-order chi connectivity index (χ0) is 22.7. The standard InChI is InChI=1S/C18H27O9.3Al.6H/c19-10-25-7-16(22)4-13-1-14(5-17(23)8-26-11-20)3-15(2-13)6-18(24)9-27-12-21;;;;;;;;;/h13-18,22-24H,1-9H2;;;;;;;;;. The maximum Gasteiger partial charge on any atom is 0.388 e. The van der Waals surface area contributed by atoms with Gasteiger partial charge in [-0.1, -0.05) is 0 Å². The summed E-state index contributed by atoms with van der Waals surface area (Å²) in [6, 6.07) is 0. The Morgan fingerprint density at radius 1 is 0.633 bits per heavy atom. The zero-order valence-corrected chi connectivity index (χ0v) is 24.1. The highest BCUT2D eigenvalue weighted by Crippen LogP contribution is 2.40. The Balaban J connectivity index is 2.66. The SMILES string of the molecule is O=[C]([AlH2])OCC(O)CC1CC(CC(O)CO[C](=O)[AlH2])CC(CC(O)CO[C](=O)[AlH2])C1. The van der Waals surface area contributed by atoms with Crippen molar-refractivity contribution in [2.24, 2.45) is 17.8 Å². The summed E-state index contributed by atoms with van der Waals surface area (Å²) < 4.78 is 14.8. The molecule has 9 nitrogen and oxygen atoms in total. The maximum atomic E-state index is 11.0. The molecule has 1 aliphatic carbocycles. The van der Waals surface area contributed by atoms with E-state index in [0.29, 0.717) is 19.3 Å². The van der Waals surface area contributed by atoms with E-state index in [1.165, 1.54) is 0 Å². The molecule has 3 unspecified atom stereocenters. The second-order valence-corrected chi connectivity index (χ2v) is 10.8. The van der Waals surface area contributed by atoms with Crippen molar-refractivity contribution < 1.29 is 43.9 Å². The van der Waals surface area contributed by atoms with Crippen LogP contribution in [-0.2, 0) is 14.2 Å². The van der Waals surface area contributed by atoms with Gasteiger partial charge in [0.25, 0.3) is 0 Å². The van der Waals surface area contributed by atoms with Gasteiger partial charge in [-0.25, -0.2) is 0 Å². The fourth-order valence-corrected chi connectivity index (χ4v) is 4.78. The van der Waals surface area contributed by atoms with E-state index < -0.39 is 18.3 Å². The van der Waals surface area contributed by atoms with Gasteiger partial charge in [-0.3, -0.25) is 14.4 Å². The van der Waals surface area contributed by atoms with Gasteiger partial charge in [-0.05, 0) is 56.3 Å². The Hall–Kier alpha value is -0.113. The summed E-state index contributed by atoms with van der Waals surface area (Å²) in [6.45, 7) is -0.0652. The monoisotopic (exact) mass is 474 g/mol. The molecule has 3 atom stereocenters. The van der Waals surface area contributed by atoms with E-state index in [4.69, 9.17) is 14.2 Å². The summed E-state index contributed by atoms with van der Waals surface area (Å²) in [5.41, 5.74) is 0. The molecule has 1 rings (SSSR count). The molecule has 0 radical (unpaired) electrons. The fraction of sp³-hybridized carbons (Fsp3) is 0.833. The van der Waals surface area contributed by atoms with Gasteiger partial charge in [-0.2, -0.15) is 0 Å². The van der Waals surface area contributed by atoms with Crippen LogP contribution < -0.4 is 0 Å². The maximum absolute atomic E-state index is 11.0. The van der Waals surface area contributed by atoms with Crippen LogP contribution >= 0.6 is 0 Å². The van der Waals surface area contributed by atoms with E-state index in [1.807, 2.05) is 0 Å². The van der Waals surface area contributed by atoms with Crippen molar-refractivity contribution in [1.29, 1.82) is 0 Å². The molecule has 0 bridgehead atoms. The molecular weight excluding hydrogens is 441 g/mol. The summed E-state index contributed by atoms with van der Waals surface area (Å²) in [5.74, 6) is 0.453. The van der Waals surface area contributed by atoms with Gasteiger partial charge in [-0.15, -0.1) is 0 Å². The predicted molar refractivity (Wildman–Crippen MR) is 116 cm³/mol. The van der Waals surface area contributed by atoms with E-state index in [9.17, 15) is 29.7 Å². The van der Waals surface area contributed by atoms with Gasteiger partial charge in [0.1, 0.15) is 19.8 Å². The summed E-state index contributed by atoms with van der Waals surface area (Å²) in [6.07, 6.45) is 1.54. The van der Waals surface area contributed by atoms with Gasteiger partial charge in [0.2, 0.25) is 0 Å². The fourth-order valence-electron chi connectivity index (χ4n) is 4.28. The number of rotatable bonds is 12. The molecule has 12 heteroatoms.